The van der Waals surface area contributed by atoms with Crippen LogP contribution >= 0.6 is 0 Å². The lowest BCUT2D eigenvalue weighted by molar-refractivity contribution is 0.0473. The molecule has 0 aliphatic carbocycles. The van der Waals surface area contributed by atoms with Crippen LogP contribution in [0.4, 0.5) is 0 Å². The number of carbonyl (C=O) groups is 2. The van der Waals surface area contributed by atoms with Gasteiger partial charge in [-0.05, 0) is 24.3 Å². The Balaban J connectivity index is 2.17. The van der Waals surface area contributed by atoms with E-state index >= 15 is 0 Å². The highest BCUT2D eigenvalue weighted by Gasteiger charge is 2.20. The Labute approximate surface area is 162 Å². The van der Waals surface area contributed by atoms with Gasteiger partial charge in [-0.3, -0.25) is 4.79 Å². The summed E-state index contributed by atoms with van der Waals surface area (Å²) in [6.45, 7) is -0.460. The number of ketones is 1. The summed E-state index contributed by atoms with van der Waals surface area (Å²) < 4.78 is 31.1. The average Bonchev–Trinajstić information content (AvgIpc) is 2.75. The molecular formula is C20H22O8. The molecule has 0 fully saturated rings. The molecule has 28 heavy (non-hydrogen) atoms. The lowest BCUT2D eigenvalue weighted by atomic mass is 10.1. The van der Waals surface area contributed by atoms with E-state index in [9.17, 15) is 9.59 Å². The molecule has 0 aliphatic heterocycles. The fraction of sp³-hybridized carbons (Fsp3) is 0.300. The van der Waals surface area contributed by atoms with Crippen LogP contribution in [0.25, 0.3) is 0 Å². The fourth-order valence-corrected chi connectivity index (χ4v) is 2.52. The van der Waals surface area contributed by atoms with E-state index in [0.29, 0.717) is 28.7 Å². The first-order valence-electron chi connectivity index (χ1n) is 8.21. The molecule has 2 aromatic rings. The van der Waals surface area contributed by atoms with E-state index in [4.69, 9.17) is 28.4 Å². The zero-order valence-electron chi connectivity index (χ0n) is 16.4. The molecule has 0 amide bonds. The third-order valence-electron chi connectivity index (χ3n) is 3.94. The lowest BCUT2D eigenvalue weighted by Gasteiger charge is -2.14. The third kappa shape index (κ3) is 4.46. The highest BCUT2D eigenvalue weighted by molar-refractivity contribution is 6.01. The summed E-state index contributed by atoms with van der Waals surface area (Å²) in [6, 6.07) is 7.64. The minimum atomic E-state index is -0.708. The maximum absolute atomic E-state index is 12.4. The van der Waals surface area contributed by atoms with Gasteiger partial charge >= 0.3 is 5.97 Å². The molecule has 0 unspecified atom stereocenters. The molecule has 0 bridgehead atoms. The molecule has 0 heterocycles. The van der Waals surface area contributed by atoms with Gasteiger partial charge in [0.05, 0.1) is 46.7 Å². The molecule has 0 aliphatic rings. The zero-order valence-corrected chi connectivity index (χ0v) is 16.4. The van der Waals surface area contributed by atoms with Crippen LogP contribution < -0.4 is 23.7 Å². The molecule has 0 aromatic heterocycles. The van der Waals surface area contributed by atoms with Gasteiger partial charge in [-0.1, -0.05) is 0 Å². The molecule has 0 saturated heterocycles. The van der Waals surface area contributed by atoms with E-state index < -0.39 is 18.4 Å². The average molecular weight is 390 g/mol. The number of ether oxygens (including phenoxy) is 6. The predicted molar refractivity (Wildman–Crippen MR) is 100 cm³/mol. The van der Waals surface area contributed by atoms with Crippen LogP contribution in [0.15, 0.2) is 30.3 Å². The molecule has 150 valence electrons. The topological polar surface area (TPSA) is 89.5 Å². The number of carbonyl (C=O) groups excluding carboxylic acids is 2. The van der Waals surface area contributed by atoms with Crippen LogP contribution in [0, 0.1) is 0 Å². The highest BCUT2D eigenvalue weighted by Crippen LogP contribution is 2.38. The minimum absolute atomic E-state index is 0.156. The Morgan fingerprint density at radius 1 is 0.750 bits per heavy atom. The van der Waals surface area contributed by atoms with Gasteiger partial charge in [0.15, 0.2) is 18.1 Å². The maximum atomic E-state index is 12.4. The summed E-state index contributed by atoms with van der Waals surface area (Å²) in [7, 11) is 7.28. The molecule has 8 nitrogen and oxygen atoms in total. The van der Waals surface area contributed by atoms with Crippen LogP contribution in [0.1, 0.15) is 20.7 Å². The molecule has 2 rings (SSSR count). The molecule has 2 aromatic carbocycles. The van der Waals surface area contributed by atoms with E-state index in [-0.39, 0.29) is 11.1 Å². The van der Waals surface area contributed by atoms with Gasteiger partial charge in [-0.2, -0.15) is 0 Å². The van der Waals surface area contributed by atoms with Gasteiger partial charge in [-0.25, -0.2) is 4.79 Å². The molecular weight excluding hydrogens is 368 g/mol. The first-order chi connectivity index (χ1) is 13.5. The Morgan fingerprint density at radius 2 is 1.36 bits per heavy atom. The van der Waals surface area contributed by atoms with E-state index in [1.54, 1.807) is 18.2 Å². The van der Waals surface area contributed by atoms with E-state index in [1.165, 1.54) is 47.7 Å². The molecule has 0 atom stereocenters. The van der Waals surface area contributed by atoms with Gasteiger partial charge in [-0.15, -0.1) is 0 Å². The van der Waals surface area contributed by atoms with Crippen LogP contribution in [0.5, 0.6) is 28.7 Å². The number of methoxy groups -OCH3 is 5. The van der Waals surface area contributed by atoms with Crippen LogP contribution in [0.3, 0.4) is 0 Å². The SMILES string of the molecule is COc1ccc(C(=O)COC(=O)c2cc(OC)c(OC)c(OC)c2)c(OC)c1. The Hall–Kier alpha value is -3.42. The van der Waals surface area contributed by atoms with Crippen LogP contribution in [-0.4, -0.2) is 53.9 Å². The van der Waals surface area contributed by atoms with Gasteiger partial charge in [0.2, 0.25) is 11.5 Å². The second-order valence-corrected chi connectivity index (χ2v) is 5.48. The zero-order chi connectivity index (χ0) is 20.7. The Bertz CT molecular complexity index is 834. The van der Waals surface area contributed by atoms with Crippen molar-refractivity contribution in [2.45, 2.75) is 0 Å². The summed E-state index contributed by atoms with van der Waals surface area (Å²) in [4.78, 5) is 24.8. The minimum Gasteiger partial charge on any atom is -0.497 e. The van der Waals surface area contributed by atoms with Crippen molar-refractivity contribution in [1.82, 2.24) is 0 Å². The number of benzene rings is 2. The second-order valence-electron chi connectivity index (χ2n) is 5.48. The van der Waals surface area contributed by atoms with Crippen molar-refractivity contribution < 1.29 is 38.0 Å². The molecule has 0 N–H and O–H groups in total. The number of hydrogen-bond donors (Lipinski definition) is 0. The standard InChI is InChI=1S/C20H22O8/c1-23-13-6-7-14(16(10-13)24-2)15(21)11-28-20(22)12-8-17(25-3)19(27-5)18(9-12)26-4/h6-10H,11H2,1-5H3. The van der Waals surface area contributed by atoms with Crippen molar-refractivity contribution in [3.05, 3.63) is 41.5 Å². The van der Waals surface area contributed by atoms with Crippen molar-refractivity contribution in [2.24, 2.45) is 0 Å². The first-order valence-corrected chi connectivity index (χ1v) is 8.21. The van der Waals surface area contributed by atoms with E-state index in [0.717, 1.165) is 0 Å². The number of Topliss-reactive ketones (excluding diaryl/α,β-unsaturated/α-hetero) is 1. The van der Waals surface area contributed by atoms with Crippen molar-refractivity contribution in [3.8, 4) is 28.7 Å². The number of rotatable bonds is 9. The lowest BCUT2D eigenvalue weighted by Crippen LogP contribution is -2.15. The predicted octanol–water partition coefficient (Wildman–Crippen LogP) is 2.77. The van der Waals surface area contributed by atoms with Crippen molar-refractivity contribution >= 4 is 11.8 Å². The summed E-state index contributed by atoms with van der Waals surface area (Å²) >= 11 is 0. The van der Waals surface area contributed by atoms with Crippen LogP contribution in [0.2, 0.25) is 0 Å². The first kappa shape index (κ1) is 20.9. The normalized spacial score (nSPS) is 10.0. The summed E-state index contributed by atoms with van der Waals surface area (Å²) in [5.41, 5.74) is 0.435. The van der Waals surface area contributed by atoms with Gasteiger partial charge in [0.1, 0.15) is 11.5 Å². The Morgan fingerprint density at radius 3 is 1.86 bits per heavy atom. The summed E-state index contributed by atoms with van der Waals surface area (Å²) in [5, 5.41) is 0. The van der Waals surface area contributed by atoms with E-state index in [1.807, 2.05) is 0 Å². The maximum Gasteiger partial charge on any atom is 0.338 e. The second kappa shape index (κ2) is 9.50. The van der Waals surface area contributed by atoms with Crippen LogP contribution in [-0.2, 0) is 4.74 Å². The third-order valence-corrected chi connectivity index (χ3v) is 3.94. The number of hydrogen-bond acceptors (Lipinski definition) is 8. The monoisotopic (exact) mass is 390 g/mol. The van der Waals surface area contributed by atoms with Gasteiger partial charge in [0.25, 0.3) is 0 Å². The van der Waals surface area contributed by atoms with E-state index in [2.05, 4.69) is 0 Å². The largest absolute Gasteiger partial charge is 0.497 e. The highest BCUT2D eigenvalue weighted by atomic mass is 16.5. The van der Waals surface area contributed by atoms with Crippen molar-refractivity contribution in [1.29, 1.82) is 0 Å². The number of esters is 1. The molecule has 8 heteroatoms. The van der Waals surface area contributed by atoms with Crippen molar-refractivity contribution in [2.75, 3.05) is 42.2 Å². The van der Waals surface area contributed by atoms with Gasteiger partial charge < -0.3 is 28.4 Å². The summed E-state index contributed by atoms with van der Waals surface area (Å²) in [6.07, 6.45) is 0. The molecule has 0 saturated carbocycles. The molecule has 0 spiro atoms. The molecule has 0 radical (unpaired) electrons. The quantitative estimate of drug-likeness (QED) is 0.477. The van der Waals surface area contributed by atoms with Gasteiger partial charge in [0, 0.05) is 6.07 Å². The van der Waals surface area contributed by atoms with Crippen molar-refractivity contribution in [3.63, 3.8) is 0 Å². The smallest absolute Gasteiger partial charge is 0.338 e. The fourth-order valence-electron chi connectivity index (χ4n) is 2.52. The summed E-state index contributed by atoms with van der Waals surface area (Å²) in [5.74, 6) is 0.700. The Kier molecular flexibility index (Phi) is 7.08.